The molecule has 0 aromatic heterocycles. The lowest BCUT2D eigenvalue weighted by molar-refractivity contribution is -0.156. The third-order valence-electron chi connectivity index (χ3n) is 4.90. The first kappa shape index (κ1) is 36.7. The number of amides is 2. The summed E-state index contributed by atoms with van der Waals surface area (Å²) in [6.45, 7) is 3.47. The number of aromatic carboxylic acids is 1. The van der Waals surface area contributed by atoms with Crippen molar-refractivity contribution < 1.29 is 57.6 Å². The molecule has 0 radical (unpaired) electrons. The molecular weight excluding hydrogens is 889 g/mol. The molecule has 0 aliphatic carbocycles. The maximum atomic E-state index is 13.6. The number of esters is 4. The summed E-state index contributed by atoms with van der Waals surface area (Å²) in [6.07, 6.45) is -2.04. The third-order valence-corrected chi connectivity index (χ3v) is 8.13. The van der Waals surface area contributed by atoms with E-state index in [1.165, 1.54) is 14.0 Å². The zero-order valence-electron chi connectivity index (χ0n) is 22.5. The van der Waals surface area contributed by atoms with E-state index in [2.05, 4.69) is 5.32 Å². The van der Waals surface area contributed by atoms with Crippen LogP contribution in [0.5, 0.6) is 0 Å². The number of carboxylic acids is 1. The molecule has 0 aliphatic rings. The summed E-state index contributed by atoms with van der Waals surface area (Å²) < 4.78 is 20.2. The monoisotopic (exact) mass is 916 g/mol. The minimum absolute atomic E-state index is 0.0530. The number of likely N-dealkylation sites (N-methyl/N-ethyl adjacent to an activating group) is 1. The van der Waals surface area contributed by atoms with Crippen LogP contribution in [-0.4, -0.2) is 97.2 Å². The highest BCUT2D eigenvalue weighted by Crippen LogP contribution is 2.33. The molecule has 0 aliphatic heterocycles. The third kappa shape index (κ3) is 11.5. The number of hydrogen-bond acceptors (Lipinski definition) is 11. The zero-order valence-corrected chi connectivity index (χ0v) is 29.0. The largest absolute Gasteiger partial charge is 0.478 e. The number of carbonyl (C=O) groups excluding carboxylic acids is 6. The first-order valence-electron chi connectivity index (χ1n) is 11.6. The number of rotatable bonds is 13. The number of halogens is 3. The molecule has 0 saturated heterocycles. The summed E-state index contributed by atoms with van der Waals surface area (Å²) in [5, 5.41) is 12.4. The van der Waals surface area contributed by atoms with Gasteiger partial charge in [-0.05, 0) is 67.8 Å². The Hall–Kier alpha value is -2.30. The molecule has 1 rings (SSSR count). The van der Waals surface area contributed by atoms with E-state index < -0.39 is 53.9 Å². The van der Waals surface area contributed by atoms with E-state index in [1.807, 2.05) is 0 Å². The number of benzene rings is 1. The molecular formula is C24H27I3N2O12. The number of carbonyl (C=O) groups is 7. The van der Waals surface area contributed by atoms with Crippen LogP contribution >= 0.6 is 67.8 Å². The fourth-order valence-corrected chi connectivity index (χ4v) is 7.84. The Balaban J connectivity index is 3.45. The fourth-order valence-electron chi connectivity index (χ4n) is 3.26. The SMILES string of the molecule is CC(=O)OCC(CNC(=O)c1c(I)c(C(=O)O)c(I)c(C(=O)N(C)CC(COC(C)=O)OC(C)=O)c1I)OC(C)=O. The Morgan fingerprint density at radius 1 is 0.732 bits per heavy atom. The average molecular weight is 916 g/mol. The summed E-state index contributed by atoms with van der Waals surface area (Å²) in [5.74, 6) is -5.46. The van der Waals surface area contributed by atoms with Crippen LogP contribution in [0.4, 0.5) is 0 Å². The van der Waals surface area contributed by atoms with Gasteiger partial charge in [0.1, 0.15) is 13.2 Å². The molecule has 14 nitrogen and oxygen atoms in total. The summed E-state index contributed by atoms with van der Waals surface area (Å²) >= 11 is 5.16. The molecule has 2 atom stereocenters. The van der Waals surface area contributed by atoms with Gasteiger partial charge in [-0.2, -0.15) is 0 Å². The highest BCUT2D eigenvalue weighted by atomic mass is 127. The standard InChI is InChI=1S/C24H27I3N2O12/c1-10(30)38-8-14(40-12(3)32)6-28-22(34)16-19(25)17(21(27)18(20(16)26)24(36)37)23(35)29(5)7-15(41-13(4)33)9-39-11(2)31/h14-15H,6-9H2,1-5H3,(H,28,34)(H,36,37). The molecule has 2 N–H and O–H groups in total. The van der Waals surface area contributed by atoms with Gasteiger partial charge in [-0.1, -0.05) is 0 Å². The van der Waals surface area contributed by atoms with Gasteiger partial charge in [-0.3, -0.25) is 28.8 Å². The van der Waals surface area contributed by atoms with E-state index in [1.54, 1.807) is 67.8 Å². The predicted molar refractivity (Wildman–Crippen MR) is 165 cm³/mol. The van der Waals surface area contributed by atoms with Crippen LogP contribution in [0.3, 0.4) is 0 Å². The van der Waals surface area contributed by atoms with Crippen molar-refractivity contribution >= 4 is 109 Å². The second-order valence-corrected chi connectivity index (χ2v) is 11.6. The average Bonchev–Trinajstić information content (AvgIpc) is 2.82. The van der Waals surface area contributed by atoms with Crippen molar-refractivity contribution in [2.75, 3.05) is 33.4 Å². The van der Waals surface area contributed by atoms with E-state index in [4.69, 9.17) is 18.9 Å². The smallest absolute Gasteiger partial charge is 0.337 e. The predicted octanol–water partition coefficient (Wildman–Crippen LogP) is 1.99. The Bertz CT molecular complexity index is 1240. The maximum Gasteiger partial charge on any atom is 0.337 e. The molecule has 41 heavy (non-hydrogen) atoms. The molecule has 226 valence electrons. The van der Waals surface area contributed by atoms with Gasteiger partial charge in [-0.15, -0.1) is 0 Å². The fraction of sp³-hybridized carbons (Fsp3) is 0.458. The summed E-state index contributed by atoms with van der Waals surface area (Å²) in [5.41, 5.74) is -0.505. The van der Waals surface area contributed by atoms with Crippen molar-refractivity contribution in [2.24, 2.45) is 0 Å². The highest BCUT2D eigenvalue weighted by Gasteiger charge is 2.32. The van der Waals surface area contributed by atoms with E-state index in [-0.39, 0.29) is 53.7 Å². The maximum absolute atomic E-state index is 13.6. The Kier molecular flexibility index (Phi) is 15.2. The lowest BCUT2D eigenvalue weighted by Gasteiger charge is -2.25. The van der Waals surface area contributed by atoms with Gasteiger partial charge in [0.15, 0.2) is 12.2 Å². The van der Waals surface area contributed by atoms with Crippen LogP contribution in [0.15, 0.2) is 0 Å². The number of carboxylic acid groups (broad SMARTS) is 1. The first-order valence-corrected chi connectivity index (χ1v) is 14.8. The van der Waals surface area contributed by atoms with Gasteiger partial charge in [-0.25, -0.2) is 4.79 Å². The lowest BCUT2D eigenvalue weighted by Crippen LogP contribution is -2.40. The number of nitrogens with one attached hydrogen (secondary N) is 1. The Morgan fingerprint density at radius 3 is 1.63 bits per heavy atom. The molecule has 0 spiro atoms. The quantitative estimate of drug-likeness (QED) is 0.167. The van der Waals surface area contributed by atoms with Crippen molar-refractivity contribution in [1.29, 1.82) is 0 Å². The molecule has 0 fully saturated rings. The topological polar surface area (TPSA) is 192 Å². The normalized spacial score (nSPS) is 11.9. The molecule has 1 aromatic carbocycles. The van der Waals surface area contributed by atoms with Crippen LogP contribution < -0.4 is 5.32 Å². The molecule has 0 heterocycles. The molecule has 1 aromatic rings. The van der Waals surface area contributed by atoms with Gasteiger partial charge in [0, 0.05) is 45.5 Å². The van der Waals surface area contributed by atoms with E-state index in [9.17, 15) is 38.7 Å². The van der Waals surface area contributed by atoms with Crippen molar-refractivity contribution in [3.05, 3.63) is 27.4 Å². The van der Waals surface area contributed by atoms with Crippen molar-refractivity contribution in [3.8, 4) is 0 Å². The van der Waals surface area contributed by atoms with Crippen molar-refractivity contribution in [1.82, 2.24) is 10.2 Å². The van der Waals surface area contributed by atoms with Gasteiger partial charge in [0.05, 0.1) is 29.8 Å². The molecule has 0 saturated carbocycles. The second kappa shape index (κ2) is 17.0. The number of hydrogen-bond donors (Lipinski definition) is 2. The second-order valence-electron chi connectivity index (χ2n) is 8.34. The summed E-state index contributed by atoms with van der Waals surface area (Å²) in [4.78, 5) is 85.5. The van der Waals surface area contributed by atoms with Crippen molar-refractivity contribution in [3.63, 3.8) is 0 Å². The first-order chi connectivity index (χ1) is 19.0. The van der Waals surface area contributed by atoms with E-state index >= 15 is 0 Å². The Labute approximate surface area is 275 Å². The molecule has 2 unspecified atom stereocenters. The van der Waals surface area contributed by atoms with Gasteiger partial charge < -0.3 is 34.3 Å². The lowest BCUT2D eigenvalue weighted by atomic mass is 10.0. The van der Waals surface area contributed by atoms with Crippen molar-refractivity contribution in [2.45, 2.75) is 39.9 Å². The van der Waals surface area contributed by atoms with Crippen LogP contribution in [0.1, 0.15) is 58.8 Å². The Morgan fingerprint density at radius 2 is 1.17 bits per heavy atom. The van der Waals surface area contributed by atoms with Crippen LogP contribution in [0, 0.1) is 10.7 Å². The van der Waals surface area contributed by atoms with Crippen LogP contribution in [0.2, 0.25) is 0 Å². The molecule has 2 amide bonds. The minimum atomic E-state index is -1.39. The molecule has 0 bridgehead atoms. The van der Waals surface area contributed by atoms with E-state index in [0.717, 1.165) is 25.7 Å². The number of nitrogens with zero attached hydrogens (tertiary/aromatic N) is 1. The minimum Gasteiger partial charge on any atom is -0.478 e. The van der Waals surface area contributed by atoms with Gasteiger partial charge in [0.2, 0.25) is 0 Å². The van der Waals surface area contributed by atoms with Gasteiger partial charge >= 0.3 is 29.8 Å². The summed E-state index contributed by atoms with van der Waals surface area (Å²) in [7, 11) is 1.37. The summed E-state index contributed by atoms with van der Waals surface area (Å²) in [6, 6.07) is 0. The van der Waals surface area contributed by atoms with Gasteiger partial charge in [0.25, 0.3) is 11.8 Å². The van der Waals surface area contributed by atoms with Crippen LogP contribution in [0.25, 0.3) is 0 Å². The molecule has 17 heteroatoms. The zero-order chi connectivity index (χ0) is 31.6. The number of ether oxygens (including phenoxy) is 4. The highest BCUT2D eigenvalue weighted by molar-refractivity contribution is 14.1. The van der Waals surface area contributed by atoms with Crippen LogP contribution in [-0.2, 0) is 38.1 Å². The van der Waals surface area contributed by atoms with E-state index in [0.29, 0.717) is 0 Å².